The van der Waals surface area contributed by atoms with Crippen molar-refractivity contribution in [3.05, 3.63) is 52.5 Å². The Bertz CT molecular complexity index is 931. The van der Waals surface area contributed by atoms with E-state index >= 15 is 0 Å². The number of carbonyl (C=O) groups is 2. The summed E-state index contributed by atoms with van der Waals surface area (Å²) in [5.74, 6) is 0.717. The van der Waals surface area contributed by atoms with Crippen molar-refractivity contribution >= 4 is 33.4 Å². The highest BCUT2D eigenvalue weighted by Gasteiger charge is 2.36. The quantitative estimate of drug-likeness (QED) is 0.642. The van der Waals surface area contributed by atoms with Crippen LogP contribution in [0.15, 0.2) is 46.9 Å². The molecule has 2 amide bonds. The Morgan fingerprint density at radius 2 is 1.90 bits per heavy atom. The molecule has 0 aromatic heterocycles. The topological polar surface area (TPSA) is 67.9 Å². The first-order valence-electron chi connectivity index (χ1n) is 10.00. The third kappa shape index (κ3) is 4.95. The van der Waals surface area contributed by atoms with Crippen LogP contribution in [0, 0.1) is 5.92 Å². The van der Waals surface area contributed by atoms with Gasteiger partial charge in [0.25, 0.3) is 0 Å². The maximum Gasteiger partial charge on any atom is 0.227 e. The molecule has 0 spiro atoms. The minimum atomic E-state index is -0.391. The second-order valence-electron chi connectivity index (χ2n) is 7.66. The summed E-state index contributed by atoms with van der Waals surface area (Å²) in [7, 11) is 1.59. The summed E-state index contributed by atoms with van der Waals surface area (Å²) in [4.78, 5) is 27.0. The molecule has 1 aliphatic rings. The predicted molar refractivity (Wildman–Crippen MR) is 120 cm³/mol. The molecule has 3 rings (SSSR count). The highest BCUT2D eigenvalue weighted by Crippen LogP contribution is 2.33. The third-order valence-electron chi connectivity index (χ3n) is 5.05. The second kappa shape index (κ2) is 9.51. The lowest BCUT2D eigenvalue weighted by Gasteiger charge is -2.20. The van der Waals surface area contributed by atoms with E-state index in [-0.39, 0.29) is 30.4 Å². The van der Waals surface area contributed by atoms with Gasteiger partial charge in [-0.2, -0.15) is 0 Å². The van der Waals surface area contributed by atoms with Crippen molar-refractivity contribution in [2.45, 2.75) is 39.3 Å². The number of carbonyl (C=O) groups excluding carboxylic acids is 2. The van der Waals surface area contributed by atoms with Gasteiger partial charge in [-0.25, -0.2) is 0 Å². The Morgan fingerprint density at radius 3 is 2.57 bits per heavy atom. The molecule has 0 radical (unpaired) electrons. The van der Waals surface area contributed by atoms with E-state index in [0.717, 1.165) is 15.7 Å². The lowest BCUT2D eigenvalue weighted by molar-refractivity contribution is -0.126. The number of nitrogens with one attached hydrogen (secondary N) is 1. The van der Waals surface area contributed by atoms with Gasteiger partial charge in [0.05, 0.1) is 30.9 Å². The molecule has 1 N–H and O–H groups in total. The Balaban J connectivity index is 1.67. The number of rotatable bonds is 7. The van der Waals surface area contributed by atoms with Crippen molar-refractivity contribution in [1.82, 2.24) is 5.32 Å². The smallest absolute Gasteiger partial charge is 0.227 e. The minimum absolute atomic E-state index is 0.0365. The van der Waals surface area contributed by atoms with E-state index in [1.165, 1.54) is 0 Å². The van der Waals surface area contributed by atoms with Gasteiger partial charge in [0, 0.05) is 17.4 Å². The summed E-state index contributed by atoms with van der Waals surface area (Å²) < 4.78 is 12.0. The SMILES string of the molecule is COc1cc(C(C)NC(=O)C2CC(=O)N(c3ccccc3Br)C2)ccc1OC(C)C. The van der Waals surface area contributed by atoms with Crippen LogP contribution in [0.1, 0.15) is 38.8 Å². The van der Waals surface area contributed by atoms with Gasteiger partial charge >= 0.3 is 0 Å². The van der Waals surface area contributed by atoms with Crippen LogP contribution in [0.25, 0.3) is 0 Å². The zero-order valence-corrected chi connectivity index (χ0v) is 19.2. The van der Waals surface area contributed by atoms with Gasteiger partial charge in [0.2, 0.25) is 11.8 Å². The van der Waals surface area contributed by atoms with Gasteiger partial charge in [-0.05, 0) is 66.5 Å². The van der Waals surface area contributed by atoms with E-state index in [4.69, 9.17) is 9.47 Å². The molecular formula is C23H27BrN2O4. The zero-order valence-electron chi connectivity index (χ0n) is 17.6. The number of anilines is 1. The molecule has 1 fully saturated rings. The summed E-state index contributed by atoms with van der Waals surface area (Å²) in [6, 6.07) is 12.9. The highest BCUT2D eigenvalue weighted by atomic mass is 79.9. The van der Waals surface area contributed by atoms with Crippen molar-refractivity contribution in [3.8, 4) is 11.5 Å². The minimum Gasteiger partial charge on any atom is -0.493 e. The summed E-state index contributed by atoms with van der Waals surface area (Å²) in [5.41, 5.74) is 1.69. The number of benzene rings is 2. The molecule has 160 valence electrons. The van der Waals surface area contributed by atoms with Crippen molar-refractivity contribution in [3.63, 3.8) is 0 Å². The van der Waals surface area contributed by atoms with Gasteiger partial charge in [0.15, 0.2) is 11.5 Å². The van der Waals surface area contributed by atoms with Crippen molar-refractivity contribution in [2.24, 2.45) is 5.92 Å². The van der Waals surface area contributed by atoms with Crippen LogP contribution >= 0.6 is 15.9 Å². The summed E-state index contributed by atoms with van der Waals surface area (Å²) in [6.45, 7) is 6.19. The lowest BCUT2D eigenvalue weighted by Crippen LogP contribution is -2.34. The van der Waals surface area contributed by atoms with E-state index in [2.05, 4.69) is 21.2 Å². The van der Waals surface area contributed by atoms with Crippen molar-refractivity contribution in [2.75, 3.05) is 18.6 Å². The molecule has 0 bridgehead atoms. The number of ether oxygens (including phenoxy) is 2. The number of nitrogens with zero attached hydrogens (tertiary/aromatic N) is 1. The Hall–Kier alpha value is -2.54. The van der Waals surface area contributed by atoms with Crippen LogP contribution in [-0.4, -0.2) is 31.6 Å². The number of amides is 2. The summed E-state index contributed by atoms with van der Waals surface area (Å²) >= 11 is 3.48. The molecular weight excluding hydrogens is 448 g/mol. The molecule has 30 heavy (non-hydrogen) atoms. The highest BCUT2D eigenvalue weighted by molar-refractivity contribution is 9.10. The number of methoxy groups -OCH3 is 1. The van der Waals surface area contributed by atoms with Gasteiger partial charge in [0.1, 0.15) is 0 Å². The normalized spacial score (nSPS) is 17.2. The Labute approximate surface area is 185 Å². The monoisotopic (exact) mass is 474 g/mol. The maximum atomic E-state index is 12.8. The maximum absolute atomic E-state index is 12.8. The van der Waals surface area contributed by atoms with Crippen LogP contribution in [0.4, 0.5) is 5.69 Å². The molecule has 7 heteroatoms. The molecule has 2 atom stereocenters. The van der Waals surface area contributed by atoms with Crippen molar-refractivity contribution in [1.29, 1.82) is 0 Å². The fraction of sp³-hybridized carbons (Fsp3) is 0.391. The molecule has 0 saturated carbocycles. The van der Waals surface area contributed by atoms with Gasteiger partial charge in [-0.15, -0.1) is 0 Å². The fourth-order valence-corrected chi connectivity index (χ4v) is 4.00. The fourth-order valence-electron chi connectivity index (χ4n) is 3.51. The van der Waals surface area contributed by atoms with Crippen LogP contribution in [0.3, 0.4) is 0 Å². The average Bonchev–Trinajstić information content (AvgIpc) is 3.09. The third-order valence-corrected chi connectivity index (χ3v) is 5.72. The molecule has 2 aromatic carbocycles. The first kappa shape index (κ1) is 22.2. The van der Waals surface area contributed by atoms with Crippen LogP contribution in [-0.2, 0) is 9.59 Å². The molecule has 6 nitrogen and oxygen atoms in total. The van der Waals surface area contributed by atoms with Crippen molar-refractivity contribution < 1.29 is 19.1 Å². The van der Waals surface area contributed by atoms with Gasteiger partial charge in [-0.1, -0.05) is 18.2 Å². The second-order valence-corrected chi connectivity index (χ2v) is 8.52. The van der Waals surface area contributed by atoms with Crippen LogP contribution in [0.5, 0.6) is 11.5 Å². The van der Waals surface area contributed by atoms with Gasteiger partial charge in [-0.3, -0.25) is 9.59 Å². The molecule has 2 aromatic rings. The summed E-state index contributed by atoms with van der Waals surface area (Å²) in [6.07, 6.45) is 0.235. The van der Waals surface area contributed by atoms with Gasteiger partial charge < -0.3 is 19.7 Å². The largest absolute Gasteiger partial charge is 0.493 e. The first-order valence-corrected chi connectivity index (χ1v) is 10.8. The summed E-state index contributed by atoms with van der Waals surface area (Å²) in [5, 5.41) is 3.03. The predicted octanol–water partition coefficient (Wildman–Crippen LogP) is 4.48. The van der Waals surface area contributed by atoms with E-state index in [1.54, 1.807) is 12.0 Å². The zero-order chi connectivity index (χ0) is 21.8. The Morgan fingerprint density at radius 1 is 1.17 bits per heavy atom. The number of halogens is 1. The van der Waals surface area contributed by atoms with E-state index in [9.17, 15) is 9.59 Å². The van der Waals surface area contributed by atoms with E-state index < -0.39 is 5.92 Å². The molecule has 1 saturated heterocycles. The average molecular weight is 475 g/mol. The van der Waals surface area contributed by atoms with Crippen LogP contribution < -0.4 is 19.7 Å². The number of para-hydroxylation sites is 1. The first-order chi connectivity index (χ1) is 14.3. The molecule has 1 aliphatic heterocycles. The molecule has 0 aliphatic carbocycles. The van der Waals surface area contributed by atoms with Crippen LogP contribution in [0.2, 0.25) is 0 Å². The molecule has 2 unspecified atom stereocenters. The van der Waals surface area contributed by atoms with E-state index in [1.807, 2.05) is 63.2 Å². The van der Waals surface area contributed by atoms with E-state index in [0.29, 0.717) is 18.0 Å². The number of hydrogen-bond acceptors (Lipinski definition) is 4. The standard InChI is InChI=1S/C23H27BrN2O4/c1-14(2)30-20-10-9-16(11-21(20)29-4)15(3)25-23(28)17-12-22(27)26(13-17)19-8-6-5-7-18(19)24/h5-11,14-15,17H,12-13H2,1-4H3,(H,25,28). The number of hydrogen-bond donors (Lipinski definition) is 1. The Kier molecular flexibility index (Phi) is 7.02. The lowest BCUT2D eigenvalue weighted by atomic mass is 10.0. The molecule has 1 heterocycles.